The van der Waals surface area contributed by atoms with Gasteiger partial charge in [0.15, 0.2) is 5.82 Å². The van der Waals surface area contributed by atoms with E-state index >= 15 is 0 Å². The number of hydrogen-bond donors (Lipinski definition) is 2. The maximum absolute atomic E-state index is 10.8. The van der Waals surface area contributed by atoms with E-state index in [0.717, 1.165) is 22.2 Å². The van der Waals surface area contributed by atoms with Crippen LogP contribution < -0.4 is 5.76 Å². The van der Waals surface area contributed by atoms with Gasteiger partial charge in [-0.05, 0) is 24.1 Å². The van der Waals surface area contributed by atoms with Crippen LogP contribution >= 0.6 is 0 Å². The molecule has 0 saturated heterocycles. The highest BCUT2D eigenvalue weighted by Crippen LogP contribution is 2.15. The van der Waals surface area contributed by atoms with Crippen LogP contribution in [-0.2, 0) is 12.8 Å². The van der Waals surface area contributed by atoms with Crippen LogP contribution in [0.15, 0.2) is 33.7 Å². The van der Waals surface area contributed by atoms with Crippen molar-refractivity contribution in [2.24, 2.45) is 0 Å². The van der Waals surface area contributed by atoms with Crippen LogP contribution in [0.3, 0.4) is 0 Å². The Kier molecular flexibility index (Phi) is 4.19. The average Bonchev–Trinajstić information content (AvgIpc) is 3.05. The van der Waals surface area contributed by atoms with Crippen LogP contribution in [0.1, 0.15) is 25.2 Å². The summed E-state index contributed by atoms with van der Waals surface area (Å²) in [6.45, 7) is 4.00. The Labute approximate surface area is 114 Å². The van der Waals surface area contributed by atoms with Gasteiger partial charge in [0.1, 0.15) is 5.52 Å². The molecule has 0 unspecified atom stereocenters. The summed E-state index contributed by atoms with van der Waals surface area (Å²) in [6.07, 6.45) is 2.90. The summed E-state index contributed by atoms with van der Waals surface area (Å²) in [5.41, 5.74) is 1.73. The fraction of sp³-hybridized carbons (Fsp3) is 0.308. The summed E-state index contributed by atoms with van der Waals surface area (Å²) in [4.78, 5) is 14.1. The topological polar surface area (TPSA) is 96.9 Å². The van der Waals surface area contributed by atoms with Crippen molar-refractivity contribution in [2.45, 2.75) is 26.7 Å². The van der Waals surface area contributed by atoms with Crippen LogP contribution in [0.5, 0.6) is 0 Å². The van der Waals surface area contributed by atoms with E-state index in [1.807, 2.05) is 26.0 Å². The lowest BCUT2D eigenvalue weighted by atomic mass is 10.1. The lowest BCUT2D eigenvalue weighted by molar-refractivity contribution is 0.161. The first-order valence-corrected chi connectivity index (χ1v) is 6.43. The highest BCUT2D eigenvalue weighted by atomic mass is 16.5. The van der Waals surface area contributed by atoms with Gasteiger partial charge < -0.3 is 5.21 Å². The number of aromatic nitrogens is 4. The van der Waals surface area contributed by atoms with Gasteiger partial charge in [0.25, 0.3) is 0 Å². The van der Waals surface area contributed by atoms with E-state index in [1.54, 1.807) is 12.3 Å². The van der Waals surface area contributed by atoms with Gasteiger partial charge in [-0.15, -0.1) is 9.94 Å². The van der Waals surface area contributed by atoms with Gasteiger partial charge in [0.05, 0.1) is 6.20 Å². The predicted molar refractivity (Wildman–Crippen MR) is 72.8 cm³/mol. The number of nitrogens with one attached hydrogen (secondary N) is 1. The van der Waals surface area contributed by atoms with Crippen molar-refractivity contribution in [3.63, 3.8) is 0 Å². The molecule has 2 aromatic heterocycles. The Morgan fingerprint density at radius 1 is 1.35 bits per heavy atom. The van der Waals surface area contributed by atoms with Gasteiger partial charge in [-0.1, -0.05) is 25.1 Å². The third kappa shape index (κ3) is 2.87. The van der Waals surface area contributed by atoms with Gasteiger partial charge in [0, 0.05) is 11.8 Å². The highest BCUT2D eigenvalue weighted by molar-refractivity contribution is 5.78. The molecule has 0 fully saturated rings. The van der Waals surface area contributed by atoms with Crippen molar-refractivity contribution in [1.29, 1.82) is 0 Å². The fourth-order valence-electron chi connectivity index (χ4n) is 1.86. The second-order valence-corrected chi connectivity index (χ2v) is 3.97. The molecule has 3 rings (SSSR count). The molecular weight excluding hydrogens is 260 g/mol. The highest BCUT2D eigenvalue weighted by Gasteiger charge is 2.04. The van der Waals surface area contributed by atoms with Gasteiger partial charge in [0.2, 0.25) is 0 Å². The lowest BCUT2D eigenvalue weighted by Gasteiger charge is -1.99. The molecule has 0 aliphatic rings. The minimum absolute atomic E-state index is 0.526. The molecule has 0 radical (unpaired) electrons. The van der Waals surface area contributed by atoms with E-state index in [9.17, 15) is 10.0 Å². The first kappa shape index (κ1) is 13.9. The predicted octanol–water partition coefficient (Wildman–Crippen LogP) is 1.76. The molecule has 0 saturated carbocycles. The third-order valence-corrected chi connectivity index (χ3v) is 2.75. The number of hydrogen-bond acceptors (Lipinski definition) is 5. The standard InChI is InChI=1S/C11H10N4O3.C2H6/c16-11-13-10(14-18-11)4-2-7-1-3-9-8(5-7)6-12-15(9)17;1-2/h1,3,5-6,17H,2,4H2,(H,13,14,16);1-2H3. The summed E-state index contributed by atoms with van der Waals surface area (Å²) in [7, 11) is 0. The molecule has 7 heteroatoms. The van der Waals surface area contributed by atoms with Crippen molar-refractivity contribution >= 4 is 10.9 Å². The number of fused-ring (bicyclic) bond motifs is 1. The molecular formula is C13H16N4O3. The van der Waals surface area contributed by atoms with Gasteiger partial charge in [-0.3, -0.25) is 9.51 Å². The van der Waals surface area contributed by atoms with Crippen molar-refractivity contribution < 1.29 is 9.73 Å². The maximum atomic E-state index is 10.8. The van der Waals surface area contributed by atoms with E-state index in [1.165, 1.54) is 0 Å². The normalized spacial score (nSPS) is 10.3. The maximum Gasteiger partial charge on any atom is 0.438 e. The Hall–Kier alpha value is -2.57. The van der Waals surface area contributed by atoms with E-state index < -0.39 is 5.76 Å². The largest absolute Gasteiger partial charge is 0.438 e. The summed E-state index contributed by atoms with van der Waals surface area (Å²) < 4.78 is 4.42. The van der Waals surface area contributed by atoms with E-state index in [4.69, 9.17) is 0 Å². The van der Waals surface area contributed by atoms with Gasteiger partial charge in [-0.2, -0.15) is 0 Å². The Balaban J connectivity index is 0.000000704. The average molecular weight is 276 g/mol. The zero-order chi connectivity index (χ0) is 14.5. The SMILES string of the molecule is CC.O=c1[nH]c(CCc2ccc3c(cnn3O)c2)no1. The molecule has 0 atom stereocenters. The van der Waals surface area contributed by atoms with E-state index in [2.05, 4.69) is 19.8 Å². The Morgan fingerprint density at radius 2 is 2.15 bits per heavy atom. The zero-order valence-electron chi connectivity index (χ0n) is 11.3. The molecule has 0 amide bonds. The summed E-state index contributed by atoms with van der Waals surface area (Å²) in [5, 5.41) is 17.6. The minimum atomic E-state index is -0.540. The van der Waals surface area contributed by atoms with Crippen molar-refractivity contribution in [2.75, 3.05) is 0 Å². The Bertz CT molecular complexity index is 741. The molecule has 2 heterocycles. The molecule has 0 aliphatic heterocycles. The summed E-state index contributed by atoms with van der Waals surface area (Å²) in [6, 6.07) is 5.63. The van der Waals surface area contributed by atoms with Gasteiger partial charge >= 0.3 is 5.76 Å². The van der Waals surface area contributed by atoms with Crippen molar-refractivity contribution in [3.05, 3.63) is 46.3 Å². The first-order valence-electron chi connectivity index (χ1n) is 6.43. The quantitative estimate of drug-likeness (QED) is 0.710. The molecule has 1 aromatic carbocycles. The molecule has 7 nitrogen and oxygen atoms in total. The van der Waals surface area contributed by atoms with Crippen molar-refractivity contribution in [1.82, 2.24) is 20.1 Å². The Morgan fingerprint density at radius 3 is 2.85 bits per heavy atom. The van der Waals surface area contributed by atoms with Crippen LogP contribution in [0.4, 0.5) is 0 Å². The van der Waals surface area contributed by atoms with Crippen LogP contribution in [0, 0.1) is 0 Å². The summed E-state index contributed by atoms with van der Waals surface area (Å²) in [5.74, 6) is -0.0139. The molecule has 2 N–H and O–H groups in total. The number of benzene rings is 1. The molecule has 106 valence electrons. The second-order valence-electron chi connectivity index (χ2n) is 3.97. The molecule has 3 aromatic rings. The number of rotatable bonds is 3. The molecule has 0 aliphatic carbocycles. The van der Waals surface area contributed by atoms with Crippen LogP contribution in [0.25, 0.3) is 10.9 Å². The third-order valence-electron chi connectivity index (χ3n) is 2.75. The van der Waals surface area contributed by atoms with Gasteiger partial charge in [-0.25, -0.2) is 4.79 Å². The zero-order valence-corrected chi connectivity index (χ0v) is 11.3. The van der Waals surface area contributed by atoms with E-state index in [-0.39, 0.29) is 0 Å². The van der Waals surface area contributed by atoms with Crippen LogP contribution in [-0.4, -0.2) is 25.3 Å². The lowest BCUT2D eigenvalue weighted by Crippen LogP contribution is -1.99. The number of aryl methyl sites for hydroxylation is 2. The van der Waals surface area contributed by atoms with Crippen LogP contribution in [0.2, 0.25) is 0 Å². The smallest absolute Gasteiger partial charge is 0.411 e. The minimum Gasteiger partial charge on any atom is -0.411 e. The molecule has 0 spiro atoms. The number of nitrogens with zero attached hydrogens (tertiary/aromatic N) is 3. The monoisotopic (exact) mass is 276 g/mol. The van der Waals surface area contributed by atoms with Crippen molar-refractivity contribution in [3.8, 4) is 0 Å². The molecule has 0 bridgehead atoms. The first-order chi connectivity index (χ1) is 9.72. The van der Waals surface area contributed by atoms with E-state index in [0.29, 0.717) is 17.8 Å². The number of aromatic amines is 1. The second kappa shape index (κ2) is 6.05. The number of H-pyrrole nitrogens is 1. The fourth-order valence-corrected chi connectivity index (χ4v) is 1.86. The molecule has 20 heavy (non-hydrogen) atoms. The summed E-state index contributed by atoms with van der Waals surface area (Å²) >= 11 is 0.